The molecular weight excluding hydrogens is 328 g/mol. The predicted octanol–water partition coefficient (Wildman–Crippen LogP) is 2.88. The summed E-state index contributed by atoms with van der Waals surface area (Å²) in [5.74, 6) is 1.84. The first-order valence-electron chi connectivity index (χ1n) is 9.60. The molecule has 0 radical (unpaired) electrons. The van der Waals surface area contributed by atoms with Gasteiger partial charge in [0.2, 0.25) is 17.6 Å². The van der Waals surface area contributed by atoms with E-state index in [1.165, 1.54) is 5.56 Å². The molecule has 2 fully saturated rings. The molecule has 2 aromatic rings. The van der Waals surface area contributed by atoms with E-state index in [1.54, 1.807) is 0 Å². The standard InChI is InChI=1S/C20H26N4O2/c1-15-5-4-6-17(13-15)19-21-18(26-22-19)14-23-11-7-16(8-12-23)20(25)24-9-2-3-10-24/h4-6,13,16H,2-3,7-12,14H2,1H3. The molecule has 2 aliphatic heterocycles. The van der Waals surface area contributed by atoms with Crippen LogP contribution in [0.1, 0.15) is 37.1 Å². The normalized spacial score (nSPS) is 19.2. The number of hydrogen-bond acceptors (Lipinski definition) is 5. The quantitative estimate of drug-likeness (QED) is 0.845. The van der Waals surface area contributed by atoms with Crippen molar-refractivity contribution in [2.24, 2.45) is 5.92 Å². The average molecular weight is 354 g/mol. The Morgan fingerprint density at radius 3 is 2.69 bits per heavy atom. The van der Waals surface area contributed by atoms with Crippen LogP contribution in [-0.2, 0) is 11.3 Å². The average Bonchev–Trinajstić information content (AvgIpc) is 3.34. The zero-order valence-electron chi connectivity index (χ0n) is 15.4. The van der Waals surface area contributed by atoms with E-state index in [1.807, 2.05) is 17.0 Å². The minimum absolute atomic E-state index is 0.190. The van der Waals surface area contributed by atoms with Crippen LogP contribution in [0.4, 0.5) is 0 Å². The minimum Gasteiger partial charge on any atom is -0.342 e. The van der Waals surface area contributed by atoms with Crippen LogP contribution >= 0.6 is 0 Å². The van der Waals surface area contributed by atoms with E-state index >= 15 is 0 Å². The maximum absolute atomic E-state index is 12.5. The van der Waals surface area contributed by atoms with Crippen molar-refractivity contribution in [1.29, 1.82) is 0 Å². The zero-order chi connectivity index (χ0) is 17.9. The van der Waals surface area contributed by atoms with E-state index in [2.05, 4.69) is 34.1 Å². The number of aromatic nitrogens is 2. The molecule has 0 aliphatic carbocycles. The van der Waals surface area contributed by atoms with Crippen molar-refractivity contribution in [2.75, 3.05) is 26.2 Å². The highest BCUT2D eigenvalue weighted by molar-refractivity contribution is 5.79. The van der Waals surface area contributed by atoms with Crippen LogP contribution in [0, 0.1) is 12.8 Å². The van der Waals surface area contributed by atoms with Crippen LogP contribution in [0.2, 0.25) is 0 Å². The molecule has 0 bridgehead atoms. The number of piperidine rings is 1. The smallest absolute Gasteiger partial charge is 0.241 e. The summed E-state index contributed by atoms with van der Waals surface area (Å²) < 4.78 is 5.44. The Labute approximate surface area is 154 Å². The van der Waals surface area contributed by atoms with Gasteiger partial charge in [0.1, 0.15) is 0 Å². The van der Waals surface area contributed by atoms with Gasteiger partial charge in [-0.25, -0.2) is 0 Å². The Bertz CT molecular complexity index is 759. The van der Waals surface area contributed by atoms with Gasteiger partial charge in [0.05, 0.1) is 6.54 Å². The highest BCUT2D eigenvalue weighted by Gasteiger charge is 2.30. The lowest BCUT2D eigenvalue weighted by Crippen LogP contribution is -2.41. The molecule has 1 aromatic carbocycles. The van der Waals surface area contributed by atoms with Crippen LogP contribution in [0.25, 0.3) is 11.4 Å². The van der Waals surface area contributed by atoms with Gasteiger partial charge in [-0.2, -0.15) is 4.98 Å². The third-order valence-electron chi connectivity index (χ3n) is 5.46. The molecule has 0 N–H and O–H groups in total. The van der Waals surface area contributed by atoms with E-state index in [4.69, 9.17) is 4.52 Å². The first-order chi connectivity index (χ1) is 12.7. The van der Waals surface area contributed by atoms with Crippen molar-refractivity contribution in [3.8, 4) is 11.4 Å². The summed E-state index contributed by atoms with van der Waals surface area (Å²) in [7, 11) is 0. The van der Waals surface area contributed by atoms with Crippen LogP contribution in [0.5, 0.6) is 0 Å². The van der Waals surface area contributed by atoms with Gasteiger partial charge >= 0.3 is 0 Å². The summed E-state index contributed by atoms with van der Waals surface area (Å²) in [4.78, 5) is 21.4. The van der Waals surface area contributed by atoms with Crippen LogP contribution in [0.15, 0.2) is 28.8 Å². The highest BCUT2D eigenvalue weighted by atomic mass is 16.5. The summed E-state index contributed by atoms with van der Waals surface area (Å²) in [5.41, 5.74) is 2.16. The molecule has 2 aliphatic rings. The second kappa shape index (κ2) is 7.58. The van der Waals surface area contributed by atoms with Crippen molar-refractivity contribution in [3.05, 3.63) is 35.7 Å². The SMILES string of the molecule is Cc1cccc(-c2noc(CN3CCC(C(=O)N4CCCC4)CC3)n2)c1. The predicted molar refractivity (Wildman–Crippen MR) is 98.3 cm³/mol. The van der Waals surface area contributed by atoms with Gasteiger partial charge in [-0.05, 0) is 51.8 Å². The van der Waals surface area contributed by atoms with Gasteiger partial charge in [0, 0.05) is 24.6 Å². The van der Waals surface area contributed by atoms with E-state index in [0.717, 1.165) is 57.4 Å². The minimum atomic E-state index is 0.190. The molecule has 4 rings (SSSR count). The molecule has 0 atom stereocenters. The number of carbonyl (C=O) groups is 1. The molecule has 1 aromatic heterocycles. The maximum atomic E-state index is 12.5. The molecule has 3 heterocycles. The topological polar surface area (TPSA) is 62.5 Å². The van der Waals surface area contributed by atoms with Crippen molar-refractivity contribution < 1.29 is 9.32 Å². The van der Waals surface area contributed by atoms with Crippen molar-refractivity contribution in [1.82, 2.24) is 19.9 Å². The number of carbonyl (C=O) groups excluding carboxylic acids is 1. The third-order valence-corrected chi connectivity index (χ3v) is 5.46. The zero-order valence-corrected chi connectivity index (χ0v) is 15.4. The summed E-state index contributed by atoms with van der Waals surface area (Å²) in [5, 5.41) is 4.11. The van der Waals surface area contributed by atoms with E-state index in [9.17, 15) is 4.79 Å². The Morgan fingerprint density at radius 1 is 1.19 bits per heavy atom. The lowest BCUT2D eigenvalue weighted by Gasteiger charge is -2.32. The first kappa shape index (κ1) is 17.2. The van der Waals surface area contributed by atoms with Crippen molar-refractivity contribution in [2.45, 2.75) is 39.2 Å². The fourth-order valence-corrected chi connectivity index (χ4v) is 3.95. The second-order valence-electron chi connectivity index (χ2n) is 7.46. The van der Waals surface area contributed by atoms with Crippen molar-refractivity contribution in [3.63, 3.8) is 0 Å². The van der Waals surface area contributed by atoms with Gasteiger partial charge in [-0.1, -0.05) is 28.9 Å². The highest BCUT2D eigenvalue weighted by Crippen LogP contribution is 2.23. The lowest BCUT2D eigenvalue weighted by atomic mass is 9.95. The number of likely N-dealkylation sites (tertiary alicyclic amines) is 2. The molecule has 6 nitrogen and oxygen atoms in total. The summed E-state index contributed by atoms with van der Waals surface area (Å²) >= 11 is 0. The van der Waals surface area contributed by atoms with Crippen LogP contribution in [0.3, 0.4) is 0 Å². The Kier molecular flexibility index (Phi) is 5.02. The fourth-order valence-electron chi connectivity index (χ4n) is 3.95. The molecule has 1 amide bonds. The number of hydrogen-bond donors (Lipinski definition) is 0. The molecule has 2 saturated heterocycles. The molecular formula is C20H26N4O2. The Hall–Kier alpha value is -2.21. The van der Waals surface area contributed by atoms with Gasteiger partial charge in [0.15, 0.2) is 0 Å². The van der Waals surface area contributed by atoms with Gasteiger partial charge in [-0.15, -0.1) is 0 Å². The third kappa shape index (κ3) is 3.80. The fraction of sp³-hybridized carbons (Fsp3) is 0.550. The maximum Gasteiger partial charge on any atom is 0.241 e. The van der Waals surface area contributed by atoms with Gasteiger partial charge in [-0.3, -0.25) is 9.69 Å². The van der Waals surface area contributed by atoms with Crippen LogP contribution < -0.4 is 0 Å². The summed E-state index contributed by atoms with van der Waals surface area (Å²) in [6, 6.07) is 8.11. The molecule has 0 saturated carbocycles. The lowest BCUT2D eigenvalue weighted by molar-refractivity contribution is -0.136. The number of nitrogens with zero attached hydrogens (tertiary/aromatic N) is 4. The molecule has 26 heavy (non-hydrogen) atoms. The number of aryl methyl sites for hydroxylation is 1. The van der Waals surface area contributed by atoms with E-state index in [0.29, 0.717) is 24.2 Å². The number of amides is 1. The first-order valence-corrected chi connectivity index (χ1v) is 9.60. The van der Waals surface area contributed by atoms with Gasteiger partial charge < -0.3 is 9.42 Å². The largest absolute Gasteiger partial charge is 0.342 e. The summed E-state index contributed by atoms with van der Waals surface area (Å²) in [6.07, 6.45) is 4.17. The second-order valence-corrected chi connectivity index (χ2v) is 7.46. The van der Waals surface area contributed by atoms with Crippen molar-refractivity contribution >= 4 is 5.91 Å². The Morgan fingerprint density at radius 2 is 1.96 bits per heavy atom. The van der Waals surface area contributed by atoms with Gasteiger partial charge in [0.25, 0.3) is 0 Å². The molecule has 0 unspecified atom stereocenters. The molecule has 0 spiro atoms. The monoisotopic (exact) mass is 354 g/mol. The van der Waals surface area contributed by atoms with E-state index < -0.39 is 0 Å². The molecule has 6 heteroatoms. The van der Waals surface area contributed by atoms with E-state index in [-0.39, 0.29) is 5.92 Å². The Balaban J connectivity index is 1.31. The number of benzene rings is 1. The van der Waals surface area contributed by atoms with Crippen LogP contribution in [-0.4, -0.2) is 52.0 Å². The molecule has 138 valence electrons. The summed E-state index contributed by atoms with van der Waals surface area (Å²) in [6.45, 7) is 6.42. The number of rotatable bonds is 4.